The molecule has 1 unspecified atom stereocenters. The molecule has 0 bridgehead atoms. The number of nitrogens with zero attached hydrogens (tertiary/aromatic N) is 3. The normalized spacial score (nSPS) is 13.8. The van der Waals surface area contributed by atoms with Crippen molar-refractivity contribution in [3.05, 3.63) is 12.4 Å². The van der Waals surface area contributed by atoms with Crippen LogP contribution in [0.4, 0.5) is 0 Å². The maximum absolute atomic E-state index is 12.2. The molecule has 0 aliphatic carbocycles. The molecule has 0 saturated carbocycles. The standard InChI is InChI=1S/C12H24N4O3S/c1-4-15(5-2)9-11(3)14-20(18,19)12-8-13-16(10-12)6-7-17/h8,10-11,14,17H,4-7,9H2,1-3H3. The Morgan fingerprint density at radius 3 is 2.65 bits per heavy atom. The molecule has 7 nitrogen and oxygen atoms in total. The Morgan fingerprint density at radius 1 is 1.45 bits per heavy atom. The van der Waals surface area contributed by atoms with Crippen molar-refractivity contribution in [3.8, 4) is 0 Å². The molecule has 0 amide bonds. The molecule has 0 aliphatic heterocycles. The summed E-state index contributed by atoms with van der Waals surface area (Å²) >= 11 is 0. The second-order valence-corrected chi connectivity index (χ2v) is 6.38. The topological polar surface area (TPSA) is 87.5 Å². The van der Waals surface area contributed by atoms with E-state index in [-0.39, 0.29) is 24.1 Å². The SMILES string of the molecule is CCN(CC)CC(C)NS(=O)(=O)c1cnn(CCO)c1. The van der Waals surface area contributed by atoms with E-state index in [0.717, 1.165) is 13.1 Å². The Hall–Kier alpha value is -0.960. The maximum atomic E-state index is 12.2. The third kappa shape index (κ3) is 4.86. The van der Waals surface area contributed by atoms with Gasteiger partial charge >= 0.3 is 0 Å². The van der Waals surface area contributed by atoms with E-state index in [4.69, 9.17) is 5.11 Å². The van der Waals surface area contributed by atoms with E-state index in [2.05, 4.69) is 14.7 Å². The van der Waals surface area contributed by atoms with E-state index in [1.165, 1.54) is 17.1 Å². The summed E-state index contributed by atoms with van der Waals surface area (Å²) in [5, 5.41) is 12.7. The second-order valence-electron chi connectivity index (χ2n) is 4.67. The molecule has 0 spiro atoms. The Kier molecular flexibility index (Phi) is 6.60. The van der Waals surface area contributed by atoms with Gasteiger partial charge in [-0.05, 0) is 20.0 Å². The van der Waals surface area contributed by atoms with Gasteiger partial charge < -0.3 is 10.0 Å². The molecule has 1 aromatic heterocycles. The molecule has 116 valence electrons. The number of aromatic nitrogens is 2. The van der Waals surface area contributed by atoms with Crippen molar-refractivity contribution >= 4 is 10.0 Å². The van der Waals surface area contributed by atoms with Crippen molar-refractivity contribution < 1.29 is 13.5 Å². The van der Waals surface area contributed by atoms with Gasteiger partial charge in [0.05, 0.1) is 19.3 Å². The average molecular weight is 304 g/mol. The highest BCUT2D eigenvalue weighted by Crippen LogP contribution is 2.08. The van der Waals surface area contributed by atoms with Crippen molar-refractivity contribution in [2.45, 2.75) is 38.3 Å². The summed E-state index contributed by atoms with van der Waals surface area (Å²) in [6.45, 7) is 8.57. The lowest BCUT2D eigenvalue weighted by Crippen LogP contribution is -2.41. The summed E-state index contributed by atoms with van der Waals surface area (Å²) in [4.78, 5) is 2.28. The summed E-state index contributed by atoms with van der Waals surface area (Å²) in [6.07, 6.45) is 2.71. The molecule has 1 atom stereocenters. The predicted molar refractivity (Wildman–Crippen MR) is 76.9 cm³/mol. The zero-order chi connectivity index (χ0) is 15.2. The summed E-state index contributed by atoms with van der Waals surface area (Å²) < 4.78 is 28.4. The quantitative estimate of drug-likeness (QED) is 0.664. The first kappa shape index (κ1) is 17.1. The molecular weight excluding hydrogens is 280 g/mol. The van der Waals surface area contributed by atoms with Gasteiger partial charge in [0.15, 0.2) is 0 Å². The molecule has 1 aromatic rings. The highest BCUT2D eigenvalue weighted by Gasteiger charge is 2.20. The van der Waals surface area contributed by atoms with Gasteiger partial charge in [-0.1, -0.05) is 13.8 Å². The van der Waals surface area contributed by atoms with Gasteiger partial charge in [-0.2, -0.15) is 5.10 Å². The van der Waals surface area contributed by atoms with Gasteiger partial charge in [0, 0.05) is 18.8 Å². The number of hydrogen-bond donors (Lipinski definition) is 2. The van der Waals surface area contributed by atoms with E-state index >= 15 is 0 Å². The molecule has 1 heterocycles. The monoisotopic (exact) mass is 304 g/mol. The molecule has 0 radical (unpaired) electrons. The first-order valence-corrected chi connectivity index (χ1v) is 8.29. The minimum absolute atomic E-state index is 0.0764. The lowest BCUT2D eigenvalue weighted by Gasteiger charge is -2.23. The average Bonchev–Trinajstić information content (AvgIpc) is 2.85. The maximum Gasteiger partial charge on any atom is 0.243 e. The minimum atomic E-state index is -3.56. The van der Waals surface area contributed by atoms with Crippen molar-refractivity contribution in [1.82, 2.24) is 19.4 Å². The summed E-state index contributed by atoms with van der Waals surface area (Å²) in [6, 6.07) is -0.180. The first-order chi connectivity index (χ1) is 9.42. The Bertz CT molecular complexity index is 497. The molecule has 1 rings (SSSR count). The minimum Gasteiger partial charge on any atom is -0.394 e. The molecule has 0 aliphatic rings. The van der Waals surface area contributed by atoms with Crippen molar-refractivity contribution in [1.29, 1.82) is 0 Å². The number of likely N-dealkylation sites (N-methyl/N-ethyl adjacent to an activating group) is 1. The fourth-order valence-corrected chi connectivity index (χ4v) is 3.13. The fraction of sp³-hybridized carbons (Fsp3) is 0.750. The number of nitrogens with one attached hydrogen (secondary N) is 1. The van der Waals surface area contributed by atoms with Crippen LogP contribution >= 0.6 is 0 Å². The van der Waals surface area contributed by atoms with Crippen LogP contribution < -0.4 is 4.72 Å². The summed E-state index contributed by atoms with van der Waals surface area (Å²) in [7, 11) is -3.56. The third-order valence-electron chi connectivity index (χ3n) is 3.03. The van der Waals surface area contributed by atoms with Crippen LogP contribution in [0, 0.1) is 0 Å². The van der Waals surface area contributed by atoms with Crippen molar-refractivity contribution in [3.63, 3.8) is 0 Å². The molecule has 8 heteroatoms. The van der Waals surface area contributed by atoms with Crippen molar-refractivity contribution in [2.24, 2.45) is 0 Å². The Labute approximate surface area is 120 Å². The number of rotatable bonds is 9. The van der Waals surface area contributed by atoms with Crippen LogP contribution in [0.25, 0.3) is 0 Å². The molecule has 20 heavy (non-hydrogen) atoms. The van der Waals surface area contributed by atoms with Crippen LogP contribution in [0.3, 0.4) is 0 Å². The van der Waals surface area contributed by atoms with Gasteiger partial charge in [0.2, 0.25) is 10.0 Å². The zero-order valence-electron chi connectivity index (χ0n) is 12.3. The van der Waals surface area contributed by atoms with Gasteiger partial charge in [0.1, 0.15) is 4.90 Å². The van der Waals surface area contributed by atoms with Crippen LogP contribution in [0.15, 0.2) is 17.3 Å². The largest absolute Gasteiger partial charge is 0.394 e. The van der Waals surface area contributed by atoms with Crippen molar-refractivity contribution in [2.75, 3.05) is 26.2 Å². The molecule has 0 aromatic carbocycles. The lowest BCUT2D eigenvalue weighted by atomic mass is 10.3. The number of aliphatic hydroxyl groups is 1. The number of aliphatic hydroxyl groups excluding tert-OH is 1. The second kappa shape index (κ2) is 7.72. The Morgan fingerprint density at radius 2 is 2.10 bits per heavy atom. The highest BCUT2D eigenvalue weighted by molar-refractivity contribution is 7.89. The molecular formula is C12H24N4O3S. The smallest absolute Gasteiger partial charge is 0.243 e. The summed E-state index contributed by atoms with van der Waals surface area (Å²) in [5.74, 6) is 0. The first-order valence-electron chi connectivity index (χ1n) is 6.80. The van der Waals surface area contributed by atoms with Gasteiger partial charge in [-0.3, -0.25) is 4.68 Å². The Balaban J connectivity index is 2.68. The number of sulfonamides is 1. The van der Waals surface area contributed by atoms with Gasteiger partial charge in [-0.25, -0.2) is 13.1 Å². The lowest BCUT2D eigenvalue weighted by molar-refractivity contribution is 0.269. The molecule has 0 saturated heterocycles. The van der Waals surface area contributed by atoms with E-state index in [0.29, 0.717) is 6.54 Å². The molecule has 0 fully saturated rings. The van der Waals surface area contributed by atoms with E-state index < -0.39 is 10.0 Å². The van der Waals surface area contributed by atoms with E-state index in [1.54, 1.807) is 0 Å². The predicted octanol–water partition coefficient (Wildman–Crippen LogP) is -0.116. The molecule has 2 N–H and O–H groups in total. The van der Waals surface area contributed by atoms with Gasteiger partial charge in [-0.15, -0.1) is 0 Å². The third-order valence-corrected chi connectivity index (χ3v) is 4.58. The van der Waals surface area contributed by atoms with Crippen LogP contribution in [0.1, 0.15) is 20.8 Å². The van der Waals surface area contributed by atoms with E-state index in [9.17, 15) is 8.42 Å². The van der Waals surface area contributed by atoms with Crippen LogP contribution in [-0.4, -0.2) is 60.5 Å². The summed E-state index contributed by atoms with van der Waals surface area (Å²) in [5.41, 5.74) is 0. The number of hydrogen-bond acceptors (Lipinski definition) is 5. The van der Waals surface area contributed by atoms with Crippen LogP contribution in [0.5, 0.6) is 0 Å². The fourth-order valence-electron chi connectivity index (χ4n) is 1.95. The van der Waals surface area contributed by atoms with Gasteiger partial charge in [0.25, 0.3) is 0 Å². The van der Waals surface area contributed by atoms with Crippen LogP contribution in [-0.2, 0) is 16.6 Å². The highest BCUT2D eigenvalue weighted by atomic mass is 32.2. The zero-order valence-corrected chi connectivity index (χ0v) is 13.1. The van der Waals surface area contributed by atoms with E-state index in [1.807, 2.05) is 20.8 Å². The van der Waals surface area contributed by atoms with Crippen LogP contribution in [0.2, 0.25) is 0 Å².